The van der Waals surface area contributed by atoms with E-state index in [-0.39, 0.29) is 11.5 Å². The van der Waals surface area contributed by atoms with Crippen molar-refractivity contribution in [2.45, 2.75) is 45.7 Å². The number of ether oxygens (including phenoxy) is 1. The van der Waals surface area contributed by atoms with Crippen molar-refractivity contribution in [2.75, 3.05) is 13.2 Å². The Morgan fingerprint density at radius 1 is 1.07 bits per heavy atom. The molecule has 2 aromatic heterocycles. The SMILES string of the molecule is Cc1c2c(nn1C)CNCCCCn1c(C(=O)O)c(CCCOc3cccc4ccccc34)c3ccc(F)c-2c31. The third kappa shape index (κ3) is 4.52. The Bertz CT molecular complexity index is 1730. The van der Waals surface area contributed by atoms with Gasteiger partial charge in [-0.15, -0.1) is 0 Å². The summed E-state index contributed by atoms with van der Waals surface area (Å²) in [5.74, 6) is -0.555. The molecule has 6 rings (SSSR count). The summed E-state index contributed by atoms with van der Waals surface area (Å²) in [6.45, 7) is 4.17. The Morgan fingerprint density at radius 2 is 1.90 bits per heavy atom. The van der Waals surface area contributed by atoms with Crippen LogP contribution in [0.15, 0.2) is 54.6 Å². The smallest absolute Gasteiger partial charge is 0.352 e. The maximum absolute atomic E-state index is 15.8. The lowest BCUT2D eigenvalue weighted by Crippen LogP contribution is -2.16. The summed E-state index contributed by atoms with van der Waals surface area (Å²) in [6.07, 6.45) is 2.78. The van der Waals surface area contributed by atoms with Gasteiger partial charge in [0.1, 0.15) is 17.3 Å². The Kier molecular flexibility index (Phi) is 7.02. The number of nitrogens with zero attached hydrogens (tertiary/aromatic N) is 3. The standard InChI is InChI=1S/C32H33FN4O3/c1-20-28-26(35-36(20)2)19-34-16-5-6-17-37-30-24(14-15-25(33)29(28)30)23(31(37)32(38)39)12-8-18-40-27-13-7-10-21-9-3-4-11-22(21)27/h3-4,7,9-11,13-15,34H,5-6,8,12,16-19H2,1-2H3,(H,38,39). The summed E-state index contributed by atoms with van der Waals surface area (Å²) in [6, 6.07) is 17.3. The van der Waals surface area contributed by atoms with Gasteiger partial charge in [0.05, 0.1) is 17.8 Å². The van der Waals surface area contributed by atoms with Crippen LogP contribution in [0.25, 0.3) is 32.8 Å². The van der Waals surface area contributed by atoms with Crippen LogP contribution in [0.5, 0.6) is 5.75 Å². The number of aromatic carboxylic acids is 1. The molecule has 0 fully saturated rings. The lowest BCUT2D eigenvalue weighted by Gasteiger charge is -2.13. The molecule has 0 radical (unpaired) electrons. The number of hydrogen-bond acceptors (Lipinski definition) is 4. The van der Waals surface area contributed by atoms with Gasteiger partial charge >= 0.3 is 5.97 Å². The summed E-state index contributed by atoms with van der Waals surface area (Å²) in [5, 5.41) is 21.5. The molecule has 0 spiro atoms. The minimum absolute atomic E-state index is 0.238. The van der Waals surface area contributed by atoms with Crippen LogP contribution >= 0.6 is 0 Å². The van der Waals surface area contributed by atoms with E-state index >= 15 is 4.39 Å². The van der Waals surface area contributed by atoms with Crippen molar-refractivity contribution in [1.82, 2.24) is 19.7 Å². The second-order valence-electron chi connectivity index (χ2n) is 10.4. The van der Waals surface area contributed by atoms with Crippen LogP contribution in [0.2, 0.25) is 0 Å². The number of carboxylic acid groups (broad SMARTS) is 1. The van der Waals surface area contributed by atoms with Gasteiger partial charge in [0, 0.05) is 47.7 Å². The van der Waals surface area contributed by atoms with Crippen LogP contribution in [0.4, 0.5) is 4.39 Å². The number of fused-ring (bicyclic) bond motifs is 3. The second-order valence-corrected chi connectivity index (χ2v) is 10.4. The summed E-state index contributed by atoms with van der Waals surface area (Å²) in [7, 11) is 1.86. The molecule has 8 heteroatoms. The van der Waals surface area contributed by atoms with Crippen molar-refractivity contribution in [3.05, 3.63) is 83.1 Å². The van der Waals surface area contributed by atoms with Crippen LogP contribution in [0.1, 0.15) is 46.7 Å². The van der Waals surface area contributed by atoms with Crippen molar-refractivity contribution in [3.8, 4) is 16.9 Å². The fraction of sp³-hybridized carbons (Fsp3) is 0.312. The van der Waals surface area contributed by atoms with Crippen molar-refractivity contribution < 1.29 is 19.0 Å². The average molecular weight is 541 g/mol. The molecule has 0 bridgehead atoms. The van der Waals surface area contributed by atoms with Crippen molar-refractivity contribution in [1.29, 1.82) is 0 Å². The van der Waals surface area contributed by atoms with Crippen molar-refractivity contribution in [2.24, 2.45) is 7.05 Å². The molecule has 5 aromatic rings. The summed E-state index contributed by atoms with van der Waals surface area (Å²) in [4.78, 5) is 12.8. The van der Waals surface area contributed by atoms with E-state index in [4.69, 9.17) is 4.74 Å². The van der Waals surface area contributed by atoms with Crippen LogP contribution in [-0.4, -0.2) is 38.6 Å². The molecule has 0 saturated carbocycles. The van der Waals surface area contributed by atoms with Gasteiger partial charge in [0.25, 0.3) is 0 Å². The number of carboxylic acids is 1. The predicted octanol–water partition coefficient (Wildman–Crippen LogP) is 6.24. The molecule has 0 saturated heterocycles. The average Bonchev–Trinajstić information content (AvgIpc) is 3.40. The fourth-order valence-electron chi connectivity index (χ4n) is 6.06. The van der Waals surface area contributed by atoms with Gasteiger partial charge in [0.2, 0.25) is 0 Å². The van der Waals surface area contributed by atoms with E-state index in [1.165, 1.54) is 6.07 Å². The highest BCUT2D eigenvalue weighted by molar-refractivity contribution is 6.04. The molecule has 0 amide bonds. The first-order valence-electron chi connectivity index (χ1n) is 13.9. The first-order valence-corrected chi connectivity index (χ1v) is 13.9. The lowest BCUT2D eigenvalue weighted by molar-refractivity contribution is 0.0684. The van der Waals surface area contributed by atoms with Gasteiger partial charge in [-0.3, -0.25) is 4.68 Å². The molecular weight excluding hydrogens is 507 g/mol. The minimum Gasteiger partial charge on any atom is -0.493 e. The third-order valence-electron chi connectivity index (χ3n) is 7.99. The summed E-state index contributed by atoms with van der Waals surface area (Å²) < 4.78 is 25.5. The van der Waals surface area contributed by atoms with E-state index in [1.807, 2.05) is 48.9 Å². The van der Waals surface area contributed by atoms with Crippen molar-refractivity contribution >= 4 is 27.6 Å². The summed E-state index contributed by atoms with van der Waals surface area (Å²) in [5.41, 5.74) is 4.39. The van der Waals surface area contributed by atoms with Gasteiger partial charge < -0.3 is 19.7 Å². The zero-order valence-electron chi connectivity index (χ0n) is 22.8. The van der Waals surface area contributed by atoms with E-state index in [2.05, 4.69) is 22.5 Å². The van der Waals surface area contributed by atoms with E-state index in [1.54, 1.807) is 10.7 Å². The van der Waals surface area contributed by atoms with E-state index in [9.17, 15) is 9.90 Å². The molecule has 2 N–H and O–H groups in total. The second kappa shape index (κ2) is 10.8. The molecule has 3 aromatic carbocycles. The van der Waals surface area contributed by atoms with Gasteiger partial charge in [-0.05, 0) is 68.3 Å². The number of hydrogen-bond donors (Lipinski definition) is 2. The molecular formula is C32H33FN4O3. The van der Waals surface area contributed by atoms with Gasteiger partial charge in [0.15, 0.2) is 0 Å². The number of carbonyl (C=O) groups is 1. The van der Waals surface area contributed by atoms with Gasteiger partial charge in [-0.25, -0.2) is 9.18 Å². The first kappa shape index (κ1) is 26.1. The maximum Gasteiger partial charge on any atom is 0.352 e. The van der Waals surface area contributed by atoms with Crippen LogP contribution in [0.3, 0.4) is 0 Å². The highest BCUT2D eigenvalue weighted by atomic mass is 19.1. The van der Waals surface area contributed by atoms with E-state index in [0.717, 1.165) is 63.8 Å². The zero-order chi connectivity index (χ0) is 27.8. The lowest BCUT2D eigenvalue weighted by atomic mass is 9.97. The molecule has 3 heterocycles. The highest BCUT2D eigenvalue weighted by Crippen LogP contribution is 2.40. The molecule has 1 aliphatic rings. The summed E-state index contributed by atoms with van der Waals surface area (Å²) >= 11 is 0. The number of aromatic nitrogens is 3. The Balaban J connectivity index is 1.42. The Morgan fingerprint density at radius 3 is 2.75 bits per heavy atom. The predicted molar refractivity (Wildman–Crippen MR) is 154 cm³/mol. The normalized spacial score (nSPS) is 13.8. The van der Waals surface area contributed by atoms with E-state index in [0.29, 0.717) is 43.6 Å². The Hall–Kier alpha value is -4.17. The van der Waals surface area contributed by atoms with Crippen molar-refractivity contribution in [3.63, 3.8) is 0 Å². The number of benzene rings is 3. The highest BCUT2D eigenvalue weighted by Gasteiger charge is 2.29. The largest absolute Gasteiger partial charge is 0.493 e. The zero-order valence-corrected chi connectivity index (χ0v) is 22.8. The number of nitrogens with one attached hydrogen (secondary N) is 1. The molecule has 1 aliphatic heterocycles. The molecule has 0 atom stereocenters. The maximum atomic E-state index is 15.8. The third-order valence-corrected chi connectivity index (χ3v) is 7.99. The topological polar surface area (TPSA) is 81.3 Å². The van der Waals surface area contributed by atoms with Gasteiger partial charge in [-0.1, -0.05) is 36.4 Å². The molecule has 0 aliphatic carbocycles. The molecule has 7 nitrogen and oxygen atoms in total. The first-order chi connectivity index (χ1) is 19.5. The van der Waals surface area contributed by atoms with E-state index < -0.39 is 5.97 Å². The molecule has 0 unspecified atom stereocenters. The van der Waals surface area contributed by atoms with Crippen LogP contribution in [-0.2, 0) is 26.6 Å². The van der Waals surface area contributed by atoms with Gasteiger partial charge in [-0.2, -0.15) is 5.10 Å². The number of halogens is 1. The molecule has 40 heavy (non-hydrogen) atoms. The Labute approximate surface area is 232 Å². The fourth-order valence-corrected chi connectivity index (χ4v) is 6.06. The van der Waals surface area contributed by atoms with Crippen LogP contribution in [0, 0.1) is 12.7 Å². The monoisotopic (exact) mass is 540 g/mol. The number of aryl methyl sites for hydroxylation is 3. The quantitative estimate of drug-likeness (QED) is 0.249. The molecule has 206 valence electrons. The number of rotatable bonds is 6. The van der Waals surface area contributed by atoms with Crippen LogP contribution < -0.4 is 10.1 Å². The minimum atomic E-state index is -0.997.